The fraction of sp³-hybridized carbons (Fsp3) is 0.375. The zero-order valence-electron chi connectivity index (χ0n) is 12.5. The summed E-state index contributed by atoms with van der Waals surface area (Å²) < 4.78 is 0. The maximum absolute atomic E-state index is 4.55. The molecule has 0 unspecified atom stereocenters. The largest absolute Gasteiger partial charge is 0.350 e. The normalized spacial score (nSPS) is 17.0. The van der Waals surface area contributed by atoms with Gasteiger partial charge in [0.2, 0.25) is 0 Å². The summed E-state index contributed by atoms with van der Waals surface area (Å²) in [6.45, 7) is 6.53. The molecule has 5 heteroatoms. The van der Waals surface area contributed by atoms with Crippen LogP contribution in [0.15, 0.2) is 24.5 Å². The number of fused-ring (bicyclic) bond motifs is 3. The van der Waals surface area contributed by atoms with Gasteiger partial charge in [0, 0.05) is 10.9 Å². The molecule has 21 heavy (non-hydrogen) atoms. The molecule has 0 atom stereocenters. The van der Waals surface area contributed by atoms with Gasteiger partial charge in [-0.1, -0.05) is 11.6 Å². The first-order chi connectivity index (χ1) is 10.2. The summed E-state index contributed by atoms with van der Waals surface area (Å²) in [5.74, 6) is 1.04. The first kappa shape index (κ1) is 12.6. The van der Waals surface area contributed by atoms with E-state index in [1.807, 2.05) is 0 Å². The lowest BCUT2D eigenvalue weighted by Gasteiger charge is -2.30. The predicted octanol–water partition coefficient (Wildman–Crippen LogP) is 0.754. The molecule has 3 heterocycles. The second-order valence-corrected chi connectivity index (χ2v) is 6.04. The Morgan fingerprint density at radius 1 is 1.19 bits per heavy atom. The number of likely N-dealkylation sites (N-methyl/N-ethyl adjacent to an activating group) is 1. The third-order valence-corrected chi connectivity index (χ3v) is 4.43. The zero-order chi connectivity index (χ0) is 14.4. The van der Waals surface area contributed by atoms with Gasteiger partial charge >= 0.3 is 0 Å². The second-order valence-electron chi connectivity index (χ2n) is 6.04. The molecule has 5 nitrogen and oxygen atoms in total. The number of aromatic nitrogens is 3. The van der Waals surface area contributed by atoms with Gasteiger partial charge in [0.1, 0.15) is 17.4 Å². The summed E-state index contributed by atoms with van der Waals surface area (Å²) in [4.78, 5) is 16.5. The van der Waals surface area contributed by atoms with Gasteiger partial charge in [-0.3, -0.25) is 0 Å². The predicted molar refractivity (Wildman–Crippen MR) is 85.0 cm³/mol. The van der Waals surface area contributed by atoms with Crippen LogP contribution in [-0.4, -0.2) is 48.2 Å². The van der Waals surface area contributed by atoms with Crippen molar-refractivity contribution in [1.29, 1.82) is 0 Å². The molecule has 1 fully saturated rings. The molecule has 1 aliphatic heterocycles. The molecule has 0 spiro atoms. The van der Waals surface area contributed by atoms with Gasteiger partial charge in [0.15, 0.2) is 5.82 Å². The van der Waals surface area contributed by atoms with E-state index in [1.54, 1.807) is 11.2 Å². The number of hydrogen-bond acceptors (Lipinski definition) is 3. The highest BCUT2D eigenvalue weighted by atomic mass is 15.3. The Morgan fingerprint density at radius 2 is 2.00 bits per heavy atom. The molecule has 2 N–H and O–H groups in total. The molecule has 108 valence electrons. The summed E-state index contributed by atoms with van der Waals surface area (Å²) in [5.41, 5.74) is 4.49. The minimum Gasteiger partial charge on any atom is -0.350 e. The maximum Gasteiger partial charge on any atom is 0.156 e. The molecule has 4 rings (SSSR count). The Balaban J connectivity index is 1.88. The number of rotatable bonds is 1. The SMILES string of the molecule is Cc1ccc2[nH]c3c(N4CC[NH+](C)CC4)ncnc3c2c1. The standard InChI is InChI=1S/C16H19N5/c1-11-3-4-13-12(9-11)14-15(19-13)16(18-10-17-14)21-7-5-20(2)6-8-21/h3-4,9-10,19H,5-8H2,1-2H3/p+1. The Bertz CT molecular complexity index is 799. The fourth-order valence-corrected chi connectivity index (χ4v) is 3.13. The highest BCUT2D eigenvalue weighted by molar-refractivity contribution is 6.08. The van der Waals surface area contributed by atoms with Crippen LogP contribution in [0.2, 0.25) is 0 Å². The second kappa shape index (κ2) is 4.70. The Kier molecular flexibility index (Phi) is 2.82. The van der Waals surface area contributed by atoms with Crippen molar-refractivity contribution in [2.75, 3.05) is 38.1 Å². The van der Waals surface area contributed by atoms with E-state index < -0.39 is 0 Å². The van der Waals surface area contributed by atoms with Gasteiger partial charge in [-0.2, -0.15) is 0 Å². The number of piperazine rings is 1. The quantitative estimate of drug-likeness (QED) is 0.692. The number of hydrogen-bond donors (Lipinski definition) is 2. The van der Waals surface area contributed by atoms with Crippen molar-refractivity contribution in [3.05, 3.63) is 30.1 Å². The van der Waals surface area contributed by atoms with Gasteiger partial charge in [0.05, 0.1) is 33.2 Å². The van der Waals surface area contributed by atoms with Gasteiger partial charge in [-0.15, -0.1) is 0 Å². The van der Waals surface area contributed by atoms with E-state index in [1.165, 1.54) is 10.9 Å². The number of aryl methyl sites for hydroxylation is 1. The van der Waals surface area contributed by atoms with Gasteiger partial charge < -0.3 is 14.8 Å². The van der Waals surface area contributed by atoms with E-state index in [0.717, 1.165) is 48.5 Å². The molecule has 1 aromatic carbocycles. The van der Waals surface area contributed by atoms with E-state index in [-0.39, 0.29) is 0 Å². The van der Waals surface area contributed by atoms with E-state index in [2.05, 4.69) is 52.0 Å². The number of benzene rings is 1. The monoisotopic (exact) mass is 282 g/mol. The third-order valence-electron chi connectivity index (χ3n) is 4.43. The molecule has 2 aromatic heterocycles. The number of anilines is 1. The summed E-state index contributed by atoms with van der Waals surface area (Å²) in [6.07, 6.45) is 1.69. The van der Waals surface area contributed by atoms with Gasteiger partial charge in [-0.05, 0) is 19.1 Å². The molecule has 0 bridgehead atoms. The van der Waals surface area contributed by atoms with Crippen LogP contribution in [0, 0.1) is 6.92 Å². The molecule has 0 saturated carbocycles. The molecule has 1 saturated heterocycles. The summed E-state index contributed by atoms with van der Waals surface area (Å²) in [5, 5.41) is 1.19. The molecular formula is C16H20N5+. The lowest BCUT2D eigenvalue weighted by molar-refractivity contribution is -0.880. The molecule has 1 aliphatic rings. The van der Waals surface area contributed by atoms with Crippen LogP contribution in [-0.2, 0) is 0 Å². The Hall–Kier alpha value is -2.14. The minimum atomic E-state index is 1.03. The summed E-state index contributed by atoms with van der Waals surface area (Å²) in [7, 11) is 2.25. The van der Waals surface area contributed by atoms with Crippen LogP contribution in [0.25, 0.3) is 21.9 Å². The van der Waals surface area contributed by atoms with E-state index in [4.69, 9.17) is 0 Å². The van der Waals surface area contributed by atoms with Crippen LogP contribution in [0.5, 0.6) is 0 Å². The summed E-state index contributed by atoms with van der Waals surface area (Å²) >= 11 is 0. The number of aromatic amines is 1. The van der Waals surface area contributed by atoms with Crippen molar-refractivity contribution >= 4 is 27.8 Å². The van der Waals surface area contributed by atoms with E-state index in [9.17, 15) is 0 Å². The molecular weight excluding hydrogens is 262 g/mol. The lowest BCUT2D eigenvalue weighted by atomic mass is 10.1. The average Bonchev–Trinajstić information content (AvgIpc) is 2.86. The first-order valence-electron chi connectivity index (χ1n) is 7.51. The zero-order valence-corrected chi connectivity index (χ0v) is 12.5. The molecule has 3 aromatic rings. The van der Waals surface area contributed by atoms with Crippen molar-refractivity contribution in [2.45, 2.75) is 6.92 Å². The van der Waals surface area contributed by atoms with Gasteiger partial charge in [0.25, 0.3) is 0 Å². The van der Waals surface area contributed by atoms with Crippen LogP contribution < -0.4 is 9.80 Å². The number of H-pyrrole nitrogens is 1. The van der Waals surface area contributed by atoms with E-state index >= 15 is 0 Å². The van der Waals surface area contributed by atoms with Crippen molar-refractivity contribution in [3.8, 4) is 0 Å². The Morgan fingerprint density at radius 3 is 2.81 bits per heavy atom. The van der Waals surface area contributed by atoms with Crippen LogP contribution in [0.1, 0.15) is 5.56 Å². The van der Waals surface area contributed by atoms with Crippen molar-refractivity contribution in [2.24, 2.45) is 0 Å². The van der Waals surface area contributed by atoms with E-state index in [0.29, 0.717) is 0 Å². The number of nitrogens with one attached hydrogen (secondary N) is 2. The van der Waals surface area contributed by atoms with Crippen molar-refractivity contribution in [1.82, 2.24) is 15.0 Å². The van der Waals surface area contributed by atoms with Crippen LogP contribution >= 0.6 is 0 Å². The van der Waals surface area contributed by atoms with Crippen molar-refractivity contribution < 1.29 is 4.90 Å². The van der Waals surface area contributed by atoms with Crippen molar-refractivity contribution in [3.63, 3.8) is 0 Å². The third kappa shape index (κ3) is 2.05. The molecule has 0 amide bonds. The number of quaternary nitrogens is 1. The minimum absolute atomic E-state index is 1.03. The maximum atomic E-state index is 4.55. The molecule has 0 radical (unpaired) electrons. The highest BCUT2D eigenvalue weighted by Crippen LogP contribution is 2.29. The van der Waals surface area contributed by atoms with Gasteiger partial charge in [-0.25, -0.2) is 9.97 Å². The van der Waals surface area contributed by atoms with Crippen LogP contribution in [0.3, 0.4) is 0 Å². The first-order valence-corrected chi connectivity index (χ1v) is 7.51. The number of nitrogens with zero attached hydrogens (tertiary/aromatic N) is 3. The average molecular weight is 282 g/mol. The fourth-order valence-electron chi connectivity index (χ4n) is 3.13. The van der Waals surface area contributed by atoms with Crippen LogP contribution in [0.4, 0.5) is 5.82 Å². The highest BCUT2D eigenvalue weighted by Gasteiger charge is 2.21. The summed E-state index contributed by atoms with van der Waals surface area (Å²) in [6, 6.07) is 6.45. The smallest absolute Gasteiger partial charge is 0.156 e. The molecule has 0 aliphatic carbocycles. The lowest BCUT2D eigenvalue weighted by Crippen LogP contribution is -3.12. The Labute approximate surface area is 123 Å². The topological polar surface area (TPSA) is 49.2 Å².